The fourth-order valence-corrected chi connectivity index (χ4v) is 5.08. The predicted octanol–water partition coefficient (Wildman–Crippen LogP) is -1.15. The number of rotatable bonds is 5. The first-order valence-corrected chi connectivity index (χ1v) is 9.79. The number of aliphatic carboxylic acids is 1. The summed E-state index contributed by atoms with van der Waals surface area (Å²) in [5, 5.41) is 16.1. The summed E-state index contributed by atoms with van der Waals surface area (Å²) in [5.41, 5.74) is 5.65. The Hall–Kier alpha value is -2.80. The van der Waals surface area contributed by atoms with E-state index < -0.39 is 40.0 Å². The first-order valence-electron chi connectivity index (χ1n) is 7.53. The van der Waals surface area contributed by atoms with Crippen molar-refractivity contribution in [3.05, 3.63) is 22.3 Å². The average Bonchev–Trinajstić information content (AvgIpc) is 3.02. The summed E-state index contributed by atoms with van der Waals surface area (Å²) in [6.07, 6.45) is 0. The van der Waals surface area contributed by atoms with E-state index in [-0.39, 0.29) is 28.0 Å². The van der Waals surface area contributed by atoms with E-state index in [4.69, 9.17) is 5.73 Å². The molecule has 1 aromatic rings. The van der Waals surface area contributed by atoms with Gasteiger partial charge in [-0.25, -0.2) is 9.78 Å². The molecule has 0 aromatic carbocycles. The van der Waals surface area contributed by atoms with Gasteiger partial charge in [-0.05, 0) is 12.5 Å². The summed E-state index contributed by atoms with van der Waals surface area (Å²) in [6.45, 7) is 1.51. The lowest BCUT2D eigenvalue weighted by Gasteiger charge is -2.48. The number of nitrogens with one attached hydrogen (secondary N) is 1. The van der Waals surface area contributed by atoms with Gasteiger partial charge < -0.3 is 21.0 Å². The lowest BCUT2D eigenvalue weighted by atomic mass is 10.0. The standard InChI is InChI=1S/C14H15N5O6S2/c1-5-4-27(24)12-8(11(21)19(12)9(5)13(22)23)17-10(20)7(18-25-2)6-3-26-14(15)16-6/h3,8,12H,4H2,1-2H3,(H2,15,16)(H,17,20)(H,22,23)/b18-7-/t8-,12-,27?/m1/s1. The van der Waals surface area contributed by atoms with E-state index in [1.54, 1.807) is 0 Å². The molecular formula is C14H15N5O6S2. The van der Waals surface area contributed by atoms with Crippen molar-refractivity contribution in [2.24, 2.45) is 5.16 Å². The van der Waals surface area contributed by atoms with Crippen LogP contribution in [0, 0.1) is 0 Å². The highest BCUT2D eigenvalue weighted by atomic mass is 32.2. The zero-order valence-electron chi connectivity index (χ0n) is 14.2. The number of fused-ring (bicyclic) bond motifs is 1. The van der Waals surface area contributed by atoms with Gasteiger partial charge in [0.15, 0.2) is 10.8 Å². The molecule has 144 valence electrons. The number of nitrogens with zero attached hydrogens (tertiary/aromatic N) is 3. The Morgan fingerprint density at radius 1 is 1.56 bits per heavy atom. The van der Waals surface area contributed by atoms with Gasteiger partial charge in [-0.1, -0.05) is 5.16 Å². The fraction of sp³-hybridized carbons (Fsp3) is 0.357. The Morgan fingerprint density at radius 2 is 2.26 bits per heavy atom. The number of nitrogen functional groups attached to an aromatic ring is 1. The van der Waals surface area contributed by atoms with Gasteiger partial charge in [0, 0.05) is 11.1 Å². The van der Waals surface area contributed by atoms with Crippen molar-refractivity contribution in [3.8, 4) is 0 Å². The maximum atomic E-state index is 12.6. The zero-order valence-corrected chi connectivity index (χ0v) is 15.8. The number of amides is 2. The molecule has 2 aliphatic rings. The third-order valence-electron chi connectivity index (χ3n) is 3.97. The van der Waals surface area contributed by atoms with Gasteiger partial charge in [0.2, 0.25) is 0 Å². The molecule has 11 nitrogen and oxygen atoms in total. The van der Waals surface area contributed by atoms with Gasteiger partial charge in [-0.3, -0.25) is 18.7 Å². The van der Waals surface area contributed by atoms with Crippen molar-refractivity contribution in [1.29, 1.82) is 0 Å². The van der Waals surface area contributed by atoms with Crippen LogP contribution in [0.15, 0.2) is 21.8 Å². The molecule has 0 bridgehead atoms. The van der Waals surface area contributed by atoms with Gasteiger partial charge in [-0.15, -0.1) is 11.3 Å². The summed E-state index contributed by atoms with van der Waals surface area (Å²) in [4.78, 5) is 46.0. The van der Waals surface area contributed by atoms with E-state index in [1.165, 1.54) is 19.4 Å². The monoisotopic (exact) mass is 413 g/mol. The van der Waals surface area contributed by atoms with Crippen LogP contribution in [0.2, 0.25) is 0 Å². The molecule has 1 fully saturated rings. The Kier molecular flexibility index (Phi) is 4.97. The molecule has 0 spiro atoms. The van der Waals surface area contributed by atoms with Crippen LogP contribution in [-0.2, 0) is 30.0 Å². The Morgan fingerprint density at radius 3 is 2.81 bits per heavy atom. The second kappa shape index (κ2) is 7.08. The van der Waals surface area contributed by atoms with E-state index in [2.05, 4.69) is 20.3 Å². The molecule has 0 radical (unpaired) electrons. The third-order valence-corrected chi connectivity index (χ3v) is 6.38. The van der Waals surface area contributed by atoms with Crippen LogP contribution in [0.25, 0.3) is 0 Å². The Labute approximate surface area is 159 Å². The number of nitrogens with two attached hydrogens (primary N) is 1. The molecule has 13 heteroatoms. The first kappa shape index (κ1) is 19.0. The first-order chi connectivity index (χ1) is 12.8. The van der Waals surface area contributed by atoms with E-state index in [1.807, 2.05) is 0 Å². The van der Waals surface area contributed by atoms with Crippen LogP contribution in [0.3, 0.4) is 0 Å². The molecule has 1 saturated heterocycles. The topological polar surface area (TPSA) is 164 Å². The number of carboxylic acid groups (broad SMARTS) is 1. The number of anilines is 1. The second-order valence-corrected chi connectivity index (χ2v) is 8.13. The van der Waals surface area contributed by atoms with Gasteiger partial charge in [0.1, 0.15) is 29.9 Å². The third kappa shape index (κ3) is 3.19. The average molecular weight is 413 g/mol. The summed E-state index contributed by atoms with van der Waals surface area (Å²) in [5.74, 6) is -2.72. The van der Waals surface area contributed by atoms with Crippen molar-refractivity contribution in [2.45, 2.75) is 18.3 Å². The maximum Gasteiger partial charge on any atom is 0.352 e. The molecule has 3 atom stereocenters. The minimum absolute atomic E-state index is 0.00406. The number of hydrogen-bond donors (Lipinski definition) is 3. The number of aromatic nitrogens is 1. The quantitative estimate of drug-likeness (QED) is 0.309. The van der Waals surface area contributed by atoms with E-state index in [9.17, 15) is 23.7 Å². The molecule has 2 amide bonds. The Balaban J connectivity index is 1.84. The predicted molar refractivity (Wildman–Crippen MR) is 96.0 cm³/mol. The lowest BCUT2D eigenvalue weighted by Crippen LogP contribution is -2.73. The number of carboxylic acids is 1. The van der Waals surface area contributed by atoms with Crippen LogP contribution in [0.5, 0.6) is 0 Å². The van der Waals surface area contributed by atoms with Crippen molar-refractivity contribution in [2.75, 3.05) is 18.6 Å². The molecule has 3 rings (SSSR count). The molecule has 1 unspecified atom stereocenters. The highest BCUT2D eigenvalue weighted by Crippen LogP contribution is 2.34. The number of β-lactam (4-membered cyclic amide) rings is 1. The van der Waals surface area contributed by atoms with Crippen molar-refractivity contribution >= 4 is 50.8 Å². The van der Waals surface area contributed by atoms with E-state index >= 15 is 0 Å². The maximum absolute atomic E-state index is 12.6. The summed E-state index contributed by atoms with van der Waals surface area (Å²) < 4.78 is 12.4. The second-order valence-electron chi connectivity index (χ2n) is 5.70. The number of oxime groups is 1. The number of carbonyl (C=O) groups excluding carboxylic acids is 2. The molecule has 27 heavy (non-hydrogen) atoms. The van der Waals surface area contributed by atoms with Crippen molar-refractivity contribution in [3.63, 3.8) is 0 Å². The highest BCUT2D eigenvalue weighted by molar-refractivity contribution is 7.86. The normalized spacial score (nSPS) is 25.0. The zero-order chi connectivity index (χ0) is 19.9. The highest BCUT2D eigenvalue weighted by Gasteiger charge is 2.56. The van der Waals surface area contributed by atoms with Gasteiger partial charge in [0.25, 0.3) is 11.8 Å². The van der Waals surface area contributed by atoms with Crippen molar-refractivity contribution < 1.29 is 28.5 Å². The van der Waals surface area contributed by atoms with Crippen LogP contribution >= 0.6 is 11.3 Å². The summed E-state index contributed by atoms with van der Waals surface area (Å²) >= 11 is 1.09. The SMILES string of the molecule is CO/N=C(\C(=O)N[C@@H]1C(=O)N2C(C(=O)O)=C(C)CS(=O)[C@H]12)c1csc(N)n1. The summed E-state index contributed by atoms with van der Waals surface area (Å²) in [7, 11) is -0.317. The number of thiazole rings is 1. The van der Waals surface area contributed by atoms with Gasteiger partial charge in [-0.2, -0.15) is 0 Å². The van der Waals surface area contributed by atoms with Crippen molar-refractivity contribution in [1.82, 2.24) is 15.2 Å². The molecule has 0 aliphatic carbocycles. The number of carbonyl (C=O) groups is 3. The fourth-order valence-electron chi connectivity index (χ4n) is 2.86. The van der Waals surface area contributed by atoms with Gasteiger partial charge >= 0.3 is 5.97 Å². The van der Waals surface area contributed by atoms with Crippen LogP contribution in [0.4, 0.5) is 5.13 Å². The van der Waals surface area contributed by atoms with E-state index in [0.29, 0.717) is 5.57 Å². The van der Waals surface area contributed by atoms with E-state index in [0.717, 1.165) is 16.2 Å². The molecule has 3 heterocycles. The lowest BCUT2D eigenvalue weighted by molar-refractivity contribution is -0.150. The Bertz CT molecular complexity index is 923. The largest absolute Gasteiger partial charge is 0.477 e. The molecule has 1 aromatic heterocycles. The molecule has 0 saturated carbocycles. The minimum atomic E-state index is -1.56. The van der Waals surface area contributed by atoms with Crippen LogP contribution in [-0.4, -0.2) is 67.0 Å². The molecule has 4 N–H and O–H groups in total. The van der Waals surface area contributed by atoms with Crippen LogP contribution < -0.4 is 11.1 Å². The summed E-state index contributed by atoms with van der Waals surface area (Å²) in [6, 6.07) is -1.14. The minimum Gasteiger partial charge on any atom is -0.477 e. The van der Waals surface area contributed by atoms with Gasteiger partial charge in [0.05, 0.1) is 10.8 Å². The smallest absolute Gasteiger partial charge is 0.352 e. The number of hydrogen-bond acceptors (Lipinski definition) is 9. The molecule has 2 aliphatic heterocycles. The molecular weight excluding hydrogens is 398 g/mol. The van der Waals surface area contributed by atoms with Crippen LogP contribution in [0.1, 0.15) is 12.6 Å².